The van der Waals surface area contributed by atoms with Gasteiger partial charge in [0.15, 0.2) is 11.6 Å². The van der Waals surface area contributed by atoms with Crippen molar-refractivity contribution in [3.8, 4) is 0 Å². The van der Waals surface area contributed by atoms with Crippen molar-refractivity contribution in [2.24, 2.45) is 10.9 Å². The zero-order valence-corrected chi connectivity index (χ0v) is 15.1. The molecule has 4 nitrogen and oxygen atoms in total. The Morgan fingerprint density at radius 3 is 2.73 bits per heavy atom. The molecule has 2 heterocycles. The van der Waals surface area contributed by atoms with Crippen LogP contribution in [0.5, 0.6) is 0 Å². The molecule has 0 N–H and O–H groups in total. The van der Waals surface area contributed by atoms with Crippen LogP contribution < -0.4 is 0 Å². The predicted octanol–water partition coefficient (Wildman–Crippen LogP) is 5.24. The number of ketones is 1. The van der Waals surface area contributed by atoms with Crippen LogP contribution in [0.25, 0.3) is 0 Å². The van der Waals surface area contributed by atoms with Gasteiger partial charge >= 0.3 is 0 Å². The van der Waals surface area contributed by atoms with Crippen LogP contribution in [-0.4, -0.2) is 21.3 Å². The molecule has 2 saturated carbocycles. The number of hydrogen-bond donors (Lipinski definition) is 0. The largest absolute Gasteiger partial charge is 0.294 e. The highest BCUT2D eigenvalue weighted by atomic mass is 16.1. The molecule has 2 unspecified atom stereocenters. The van der Waals surface area contributed by atoms with Crippen molar-refractivity contribution in [3.63, 3.8) is 0 Å². The average molecular weight is 347 g/mol. The zero-order chi connectivity index (χ0) is 17.5. The van der Waals surface area contributed by atoms with Gasteiger partial charge in [-0.2, -0.15) is 5.10 Å². The Morgan fingerprint density at radius 1 is 1.08 bits per heavy atom. The Morgan fingerprint density at radius 2 is 1.92 bits per heavy atom. The maximum absolute atomic E-state index is 12.5. The van der Waals surface area contributed by atoms with Crippen LogP contribution in [0.15, 0.2) is 41.5 Å². The van der Waals surface area contributed by atoms with Gasteiger partial charge in [-0.15, -0.1) is 0 Å². The summed E-state index contributed by atoms with van der Waals surface area (Å²) in [5.41, 5.74) is 3.22. The number of carbonyl (C=O) groups is 1. The second-order valence-corrected chi connectivity index (χ2v) is 8.18. The first-order valence-electron chi connectivity index (χ1n) is 10.00. The fraction of sp³-hybridized carbons (Fsp3) is 0.500. The minimum Gasteiger partial charge on any atom is -0.294 e. The number of aromatic nitrogens is 2. The lowest BCUT2D eigenvalue weighted by Crippen LogP contribution is -2.20. The summed E-state index contributed by atoms with van der Waals surface area (Å²) in [4.78, 5) is 17.5. The lowest BCUT2D eigenvalue weighted by atomic mass is 9.81. The molecule has 134 valence electrons. The molecule has 2 aromatic rings. The molecule has 26 heavy (non-hydrogen) atoms. The Labute approximate surface area is 154 Å². The van der Waals surface area contributed by atoms with E-state index in [-0.39, 0.29) is 5.78 Å². The quantitative estimate of drug-likeness (QED) is 0.759. The minimum absolute atomic E-state index is 0.201. The lowest BCUT2D eigenvalue weighted by molar-refractivity contribution is 0.0999. The van der Waals surface area contributed by atoms with E-state index in [1.807, 2.05) is 0 Å². The molecule has 2 atom stereocenters. The topological polar surface area (TPSA) is 47.2 Å². The zero-order valence-electron chi connectivity index (χ0n) is 15.1. The number of nitrogens with zero attached hydrogens (tertiary/aromatic N) is 3. The van der Waals surface area contributed by atoms with Crippen LogP contribution >= 0.6 is 0 Å². The third kappa shape index (κ3) is 3.02. The number of Topliss-reactive ketones (excluding diaryl/α,β-unsaturated/α-hetero) is 1. The molecular formula is C22H25N3O. The number of rotatable bonds is 4. The standard InChI is InChI=1S/C22H25N3O/c26-21-13-18(11-15-9-10-15)24-22-20(21)14-23-25(22)19-8-4-7-17(12-19)16-5-2-1-3-6-16/h1-3,5-6,14-15,17,19H,4,7-13H2. The second kappa shape index (κ2) is 6.49. The average Bonchev–Trinajstić information content (AvgIpc) is 3.38. The molecular weight excluding hydrogens is 322 g/mol. The van der Waals surface area contributed by atoms with Crippen molar-refractivity contribution >= 4 is 17.3 Å². The summed E-state index contributed by atoms with van der Waals surface area (Å²) in [6, 6.07) is 11.1. The maximum atomic E-state index is 12.5. The number of fused-ring (bicyclic) bond motifs is 1. The van der Waals surface area contributed by atoms with Crippen molar-refractivity contribution in [1.82, 2.24) is 9.78 Å². The van der Waals surface area contributed by atoms with Crippen LogP contribution in [0.1, 0.15) is 79.2 Å². The van der Waals surface area contributed by atoms with E-state index in [0.717, 1.165) is 42.3 Å². The Bertz CT molecular complexity index is 848. The summed E-state index contributed by atoms with van der Waals surface area (Å²) < 4.78 is 2.06. The van der Waals surface area contributed by atoms with E-state index < -0.39 is 0 Å². The van der Waals surface area contributed by atoms with E-state index in [4.69, 9.17) is 4.99 Å². The first kappa shape index (κ1) is 16.0. The highest BCUT2D eigenvalue weighted by molar-refractivity contribution is 6.15. The molecule has 5 rings (SSSR count). The normalized spacial score (nSPS) is 25.7. The van der Waals surface area contributed by atoms with E-state index in [1.54, 1.807) is 6.20 Å². The summed E-state index contributed by atoms with van der Waals surface area (Å²) in [6.07, 6.45) is 10.5. The summed E-state index contributed by atoms with van der Waals surface area (Å²) >= 11 is 0. The summed E-state index contributed by atoms with van der Waals surface area (Å²) in [5.74, 6) is 2.36. The predicted molar refractivity (Wildman–Crippen MR) is 102 cm³/mol. The number of benzene rings is 1. The van der Waals surface area contributed by atoms with Gasteiger partial charge in [-0.25, -0.2) is 9.67 Å². The molecule has 1 aliphatic heterocycles. The van der Waals surface area contributed by atoms with Crippen molar-refractivity contribution in [2.45, 2.75) is 63.3 Å². The molecule has 0 bridgehead atoms. The van der Waals surface area contributed by atoms with Crippen LogP contribution in [0, 0.1) is 5.92 Å². The Hall–Kier alpha value is -2.23. The van der Waals surface area contributed by atoms with Crippen molar-refractivity contribution in [1.29, 1.82) is 0 Å². The highest BCUT2D eigenvalue weighted by Crippen LogP contribution is 2.42. The van der Waals surface area contributed by atoms with E-state index in [2.05, 4.69) is 40.1 Å². The number of hydrogen-bond acceptors (Lipinski definition) is 3. The van der Waals surface area contributed by atoms with E-state index in [9.17, 15) is 4.79 Å². The van der Waals surface area contributed by atoms with Gasteiger partial charge < -0.3 is 0 Å². The highest BCUT2D eigenvalue weighted by Gasteiger charge is 2.32. The van der Waals surface area contributed by atoms with Crippen molar-refractivity contribution < 1.29 is 4.79 Å². The maximum Gasteiger partial charge on any atom is 0.173 e. The van der Waals surface area contributed by atoms with Gasteiger partial charge in [-0.05, 0) is 55.9 Å². The van der Waals surface area contributed by atoms with Gasteiger partial charge in [0.05, 0.1) is 17.8 Å². The first-order chi connectivity index (χ1) is 12.8. The number of aliphatic imine (C=N–C) groups is 1. The molecule has 1 aromatic carbocycles. The molecule has 4 heteroatoms. The Balaban J connectivity index is 1.42. The molecule has 0 radical (unpaired) electrons. The molecule has 0 saturated heterocycles. The second-order valence-electron chi connectivity index (χ2n) is 8.18. The molecule has 1 aromatic heterocycles. The summed E-state index contributed by atoms with van der Waals surface area (Å²) in [7, 11) is 0. The monoisotopic (exact) mass is 347 g/mol. The van der Waals surface area contributed by atoms with Crippen LogP contribution in [0.4, 0.5) is 5.82 Å². The third-order valence-electron chi connectivity index (χ3n) is 6.18. The van der Waals surface area contributed by atoms with Gasteiger partial charge in [-0.1, -0.05) is 36.8 Å². The number of carbonyl (C=O) groups excluding carboxylic acids is 1. The van der Waals surface area contributed by atoms with Crippen LogP contribution in [0.3, 0.4) is 0 Å². The smallest absolute Gasteiger partial charge is 0.173 e. The Kier molecular flexibility index (Phi) is 3.99. The van der Waals surface area contributed by atoms with Gasteiger partial charge in [0.25, 0.3) is 0 Å². The lowest BCUT2D eigenvalue weighted by Gasteiger charge is -2.30. The molecule has 0 spiro atoms. The summed E-state index contributed by atoms with van der Waals surface area (Å²) in [6.45, 7) is 0. The third-order valence-corrected chi connectivity index (χ3v) is 6.18. The van der Waals surface area contributed by atoms with Crippen LogP contribution in [0.2, 0.25) is 0 Å². The van der Waals surface area contributed by atoms with E-state index in [1.165, 1.54) is 31.2 Å². The molecule has 2 aliphatic carbocycles. The SMILES string of the molecule is O=C1CC(CC2CC2)=Nc2c1cnn2C1CCCC(c2ccccc2)C1. The van der Waals surface area contributed by atoms with E-state index >= 15 is 0 Å². The van der Waals surface area contributed by atoms with Crippen molar-refractivity contribution in [3.05, 3.63) is 47.7 Å². The molecule has 3 aliphatic rings. The van der Waals surface area contributed by atoms with Gasteiger partial charge in [0.1, 0.15) is 0 Å². The van der Waals surface area contributed by atoms with Crippen molar-refractivity contribution in [2.75, 3.05) is 0 Å². The fourth-order valence-electron chi connectivity index (χ4n) is 4.59. The molecule has 2 fully saturated rings. The first-order valence-corrected chi connectivity index (χ1v) is 10.00. The molecule has 0 amide bonds. The summed E-state index contributed by atoms with van der Waals surface area (Å²) in [5, 5.41) is 4.62. The van der Waals surface area contributed by atoms with Gasteiger partial charge in [0, 0.05) is 12.1 Å². The minimum atomic E-state index is 0.201. The van der Waals surface area contributed by atoms with Gasteiger partial charge in [0.2, 0.25) is 0 Å². The van der Waals surface area contributed by atoms with E-state index in [0.29, 0.717) is 18.4 Å². The van der Waals surface area contributed by atoms with Crippen LogP contribution in [-0.2, 0) is 0 Å². The van der Waals surface area contributed by atoms with Gasteiger partial charge in [-0.3, -0.25) is 4.79 Å². The fourth-order valence-corrected chi connectivity index (χ4v) is 4.59.